The van der Waals surface area contributed by atoms with E-state index in [9.17, 15) is 9.59 Å². The zero-order valence-corrected chi connectivity index (χ0v) is 16.0. The lowest BCUT2D eigenvalue weighted by Crippen LogP contribution is -2.34. The van der Waals surface area contributed by atoms with Gasteiger partial charge in [0.25, 0.3) is 0 Å². The van der Waals surface area contributed by atoms with Crippen LogP contribution in [-0.4, -0.2) is 42.0 Å². The van der Waals surface area contributed by atoms with Crippen molar-refractivity contribution < 1.29 is 4.79 Å². The van der Waals surface area contributed by atoms with Gasteiger partial charge in [0.05, 0.1) is 11.9 Å². The highest BCUT2D eigenvalue weighted by Gasteiger charge is 2.19. The third kappa shape index (κ3) is 3.76. The molecule has 146 valence electrons. The summed E-state index contributed by atoms with van der Waals surface area (Å²) in [6, 6.07) is 9.81. The van der Waals surface area contributed by atoms with E-state index in [1.807, 2.05) is 36.5 Å². The van der Waals surface area contributed by atoms with Crippen molar-refractivity contribution in [1.82, 2.24) is 29.0 Å². The Morgan fingerprint density at radius 3 is 2.82 bits per heavy atom. The number of fused-ring (bicyclic) bond motifs is 1. The molecule has 0 radical (unpaired) electrons. The number of benzene rings is 1. The van der Waals surface area contributed by atoms with Crippen LogP contribution < -0.4 is 5.69 Å². The van der Waals surface area contributed by atoms with E-state index in [-0.39, 0.29) is 18.1 Å². The van der Waals surface area contributed by atoms with Gasteiger partial charge in [-0.1, -0.05) is 24.6 Å². The Balaban J connectivity index is 1.42. The quantitative estimate of drug-likeness (QED) is 0.674. The highest BCUT2D eigenvalue weighted by molar-refractivity contribution is 5.75. The fourth-order valence-corrected chi connectivity index (χ4v) is 3.50. The largest absolute Gasteiger partial charge is 0.346 e. The second-order valence-electron chi connectivity index (χ2n) is 7.20. The summed E-state index contributed by atoms with van der Waals surface area (Å²) in [6.07, 6.45) is 7.59. The molecule has 1 aliphatic rings. The molecule has 28 heavy (non-hydrogen) atoms. The number of aryl methyl sites for hydroxylation is 1. The first-order valence-corrected chi connectivity index (χ1v) is 9.61. The van der Waals surface area contributed by atoms with E-state index < -0.39 is 0 Å². The Labute approximate surface area is 163 Å². The lowest BCUT2D eigenvalue weighted by atomic mass is 10.2. The van der Waals surface area contributed by atoms with Crippen LogP contribution in [0.2, 0.25) is 0 Å². The van der Waals surface area contributed by atoms with Crippen molar-refractivity contribution in [2.75, 3.05) is 7.05 Å². The number of amides is 1. The number of carbonyl (C=O) groups is 1. The van der Waals surface area contributed by atoms with E-state index in [2.05, 4.69) is 10.2 Å². The maximum Gasteiger partial charge on any atom is 0.346 e. The van der Waals surface area contributed by atoms with Crippen LogP contribution in [0.5, 0.6) is 0 Å². The fourth-order valence-electron chi connectivity index (χ4n) is 3.50. The topological polar surface area (TPSA) is 78.0 Å². The van der Waals surface area contributed by atoms with Gasteiger partial charge in [0.15, 0.2) is 0 Å². The molecule has 1 aliphatic heterocycles. The van der Waals surface area contributed by atoms with Crippen molar-refractivity contribution in [3.63, 3.8) is 0 Å². The monoisotopic (exact) mass is 380 g/mol. The highest BCUT2D eigenvalue weighted by Crippen LogP contribution is 2.11. The van der Waals surface area contributed by atoms with Gasteiger partial charge in [-0.3, -0.25) is 9.36 Å². The zero-order valence-electron chi connectivity index (χ0n) is 16.0. The van der Waals surface area contributed by atoms with Crippen molar-refractivity contribution >= 4 is 5.91 Å². The fraction of sp³-hybridized carbons (Fsp3) is 0.400. The molecule has 4 rings (SSSR count). The Morgan fingerprint density at radius 2 is 2.00 bits per heavy atom. The van der Waals surface area contributed by atoms with Crippen molar-refractivity contribution in [1.29, 1.82) is 0 Å². The predicted molar refractivity (Wildman–Crippen MR) is 104 cm³/mol. The maximum atomic E-state index is 12.6. The molecule has 1 aromatic carbocycles. The number of aromatic nitrogens is 5. The van der Waals surface area contributed by atoms with Crippen molar-refractivity contribution in [3.05, 3.63) is 64.6 Å². The van der Waals surface area contributed by atoms with Crippen molar-refractivity contribution in [2.45, 2.75) is 45.3 Å². The van der Waals surface area contributed by atoms with Crippen molar-refractivity contribution in [2.24, 2.45) is 0 Å². The molecular formula is C20H24N6O2. The van der Waals surface area contributed by atoms with Gasteiger partial charge in [0.2, 0.25) is 5.91 Å². The Morgan fingerprint density at radius 1 is 1.18 bits per heavy atom. The molecule has 0 unspecified atom stereocenters. The molecule has 0 atom stereocenters. The number of hydrogen-bond donors (Lipinski definition) is 0. The second kappa shape index (κ2) is 7.84. The Kier molecular flexibility index (Phi) is 5.10. The molecule has 0 fully saturated rings. The third-order valence-electron chi connectivity index (χ3n) is 5.07. The molecule has 0 bridgehead atoms. The minimum Gasteiger partial charge on any atom is -0.340 e. The van der Waals surface area contributed by atoms with E-state index >= 15 is 0 Å². The average molecular weight is 380 g/mol. The SMILES string of the molecule is CN(Cc1cnn(-c2ccccc2)c1)C(=O)Cn1nc2n(c1=O)CCCCC2. The van der Waals surface area contributed by atoms with Crippen LogP contribution in [0.4, 0.5) is 0 Å². The van der Waals surface area contributed by atoms with Crippen LogP contribution in [0.3, 0.4) is 0 Å². The van der Waals surface area contributed by atoms with Gasteiger partial charge in [-0.05, 0) is 25.0 Å². The van der Waals surface area contributed by atoms with Crippen LogP contribution in [0.1, 0.15) is 30.7 Å². The predicted octanol–water partition coefficient (Wildman–Crippen LogP) is 1.62. The van der Waals surface area contributed by atoms with Gasteiger partial charge in [0.1, 0.15) is 12.4 Å². The summed E-state index contributed by atoms with van der Waals surface area (Å²) in [7, 11) is 1.73. The van der Waals surface area contributed by atoms with Crippen LogP contribution in [0.15, 0.2) is 47.5 Å². The summed E-state index contributed by atoms with van der Waals surface area (Å²) in [6.45, 7) is 1.08. The van der Waals surface area contributed by atoms with Gasteiger partial charge in [0, 0.05) is 38.3 Å². The van der Waals surface area contributed by atoms with Gasteiger partial charge in [-0.2, -0.15) is 10.2 Å². The minimum absolute atomic E-state index is 0.0395. The first kappa shape index (κ1) is 18.2. The number of hydrogen-bond acceptors (Lipinski definition) is 4. The number of nitrogens with zero attached hydrogens (tertiary/aromatic N) is 6. The van der Waals surface area contributed by atoms with Gasteiger partial charge in [-0.15, -0.1) is 0 Å². The number of carbonyl (C=O) groups excluding carboxylic acids is 1. The summed E-state index contributed by atoms with van der Waals surface area (Å²) >= 11 is 0. The summed E-state index contributed by atoms with van der Waals surface area (Å²) < 4.78 is 4.79. The molecule has 3 aromatic rings. The van der Waals surface area contributed by atoms with Crippen LogP contribution in [0, 0.1) is 0 Å². The molecule has 1 amide bonds. The lowest BCUT2D eigenvalue weighted by Gasteiger charge is -2.15. The van der Waals surface area contributed by atoms with Gasteiger partial charge >= 0.3 is 5.69 Å². The normalized spacial score (nSPS) is 13.8. The Hall–Kier alpha value is -3.16. The molecule has 0 aliphatic carbocycles. The Bertz CT molecular complexity index is 1020. The molecule has 0 spiro atoms. The maximum absolute atomic E-state index is 12.6. The average Bonchev–Trinajstić information content (AvgIpc) is 3.19. The first-order valence-electron chi connectivity index (χ1n) is 9.61. The van der Waals surface area contributed by atoms with Crippen LogP contribution in [0.25, 0.3) is 5.69 Å². The summed E-state index contributed by atoms with van der Waals surface area (Å²) in [4.78, 5) is 26.7. The standard InChI is InChI=1S/C20H24N6O2/c1-23(13-16-12-21-25(14-16)17-8-4-2-5-9-17)19(27)15-26-20(28)24-11-7-3-6-10-18(24)22-26/h2,4-5,8-9,12,14H,3,6-7,10-11,13,15H2,1H3. The molecule has 0 N–H and O–H groups in total. The smallest absolute Gasteiger partial charge is 0.340 e. The van der Waals surface area contributed by atoms with Crippen LogP contribution >= 0.6 is 0 Å². The first-order chi connectivity index (χ1) is 13.6. The van der Waals surface area contributed by atoms with E-state index in [1.165, 1.54) is 4.68 Å². The number of likely N-dealkylation sites (N-methyl/N-ethyl adjacent to an activating group) is 1. The van der Waals surface area contributed by atoms with Gasteiger partial charge in [-0.25, -0.2) is 14.2 Å². The minimum atomic E-state index is -0.185. The summed E-state index contributed by atoms with van der Waals surface area (Å²) in [5, 5.41) is 8.74. The number of rotatable bonds is 5. The van der Waals surface area contributed by atoms with E-state index in [0.29, 0.717) is 13.1 Å². The summed E-state index contributed by atoms with van der Waals surface area (Å²) in [5.74, 6) is 0.643. The van der Waals surface area contributed by atoms with E-state index in [1.54, 1.807) is 27.4 Å². The third-order valence-corrected chi connectivity index (χ3v) is 5.07. The van der Waals surface area contributed by atoms with Crippen LogP contribution in [-0.2, 0) is 30.8 Å². The molecule has 8 nitrogen and oxygen atoms in total. The second-order valence-corrected chi connectivity index (χ2v) is 7.20. The molecule has 0 saturated heterocycles. The zero-order chi connectivity index (χ0) is 19.5. The summed E-state index contributed by atoms with van der Waals surface area (Å²) in [5.41, 5.74) is 1.71. The highest BCUT2D eigenvalue weighted by atomic mass is 16.2. The lowest BCUT2D eigenvalue weighted by molar-refractivity contribution is -0.131. The molecule has 0 saturated carbocycles. The van der Waals surface area contributed by atoms with Crippen molar-refractivity contribution in [3.8, 4) is 5.69 Å². The van der Waals surface area contributed by atoms with E-state index in [4.69, 9.17) is 0 Å². The molecule has 3 heterocycles. The molecule has 2 aromatic heterocycles. The number of para-hydroxylation sites is 1. The van der Waals surface area contributed by atoms with E-state index in [0.717, 1.165) is 42.8 Å². The molecule has 8 heteroatoms. The van der Waals surface area contributed by atoms with Gasteiger partial charge < -0.3 is 4.90 Å². The molecular weight excluding hydrogens is 356 g/mol.